The van der Waals surface area contributed by atoms with Crippen LogP contribution in [0.15, 0.2) is 84.7 Å². The average Bonchev–Trinajstić information content (AvgIpc) is 3.13. The second-order valence-corrected chi connectivity index (χ2v) is 7.98. The number of allylic oxidation sites excluding steroid dienone is 2. The van der Waals surface area contributed by atoms with Gasteiger partial charge in [0, 0.05) is 23.6 Å². The molecule has 0 spiro atoms. The minimum absolute atomic E-state index is 0.0706. The summed E-state index contributed by atoms with van der Waals surface area (Å²) in [6.07, 6.45) is 12.0. The van der Waals surface area contributed by atoms with Crippen LogP contribution in [0.25, 0.3) is 22.5 Å². The molecule has 2 nitrogen and oxygen atoms in total. The molecule has 5 rings (SSSR count). The van der Waals surface area contributed by atoms with Crippen molar-refractivity contribution in [3.8, 4) is 11.3 Å². The van der Waals surface area contributed by atoms with E-state index in [1.165, 1.54) is 39.2 Å². The molecule has 2 aliphatic rings. The van der Waals surface area contributed by atoms with Crippen molar-refractivity contribution in [2.24, 2.45) is 0 Å². The number of nitrogens with zero attached hydrogens (tertiary/aromatic N) is 2. The van der Waals surface area contributed by atoms with E-state index in [4.69, 9.17) is 0 Å². The molecule has 0 saturated heterocycles. The Balaban J connectivity index is 1.56. The van der Waals surface area contributed by atoms with E-state index in [2.05, 4.69) is 109 Å². The summed E-state index contributed by atoms with van der Waals surface area (Å²) in [5.74, 6) is 0. The van der Waals surface area contributed by atoms with Crippen LogP contribution in [0.4, 0.5) is 0 Å². The first-order valence-electron chi connectivity index (χ1n) is 9.59. The van der Waals surface area contributed by atoms with Crippen molar-refractivity contribution < 1.29 is 0 Å². The third kappa shape index (κ3) is 2.40. The van der Waals surface area contributed by atoms with Crippen molar-refractivity contribution >= 4 is 11.2 Å². The van der Waals surface area contributed by atoms with E-state index in [-0.39, 0.29) is 5.54 Å². The summed E-state index contributed by atoms with van der Waals surface area (Å²) in [4.78, 5) is 2.43. The molecule has 0 N–H and O–H groups in total. The molecule has 0 fully saturated rings. The van der Waals surface area contributed by atoms with Crippen LogP contribution < -0.4 is 0 Å². The van der Waals surface area contributed by atoms with Crippen molar-refractivity contribution in [2.45, 2.75) is 32.7 Å². The highest BCUT2D eigenvalue weighted by atomic mass is 15.2. The van der Waals surface area contributed by atoms with Gasteiger partial charge in [-0.15, -0.1) is 0 Å². The summed E-state index contributed by atoms with van der Waals surface area (Å²) in [7, 11) is 0. The van der Waals surface area contributed by atoms with Gasteiger partial charge in [0.25, 0.3) is 0 Å². The Morgan fingerprint density at radius 3 is 2.52 bits per heavy atom. The van der Waals surface area contributed by atoms with Crippen LogP contribution in [0.1, 0.15) is 31.4 Å². The Bertz CT molecular complexity index is 1120. The molecule has 0 radical (unpaired) electrons. The summed E-state index contributed by atoms with van der Waals surface area (Å²) >= 11 is 0. The highest BCUT2D eigenvalue weighted by Crippen LogP contribution is 2.44. The smallest absolute Gasteiger partial charge is 0.0640 e. The molecule has 2 aromatic heterocycles. The Morgan fingerprint density at radius 1 is 0.926 bits per heavy atom. The summed E-state index contributed by atoms with van der Waals surface area (Å²) in [6.45, 7) is 6.77. The first kappa shape index (κ1) is 16.2. The molecular formula is C25H24N2. The van der Waals surface area contributed by atoms with Crippen molar-refractivity contribution in [3.63, 3.8) is 0 Å². The predicted molar refractivity (Wildman–Crippen MR) is 113 cm³/mol. The van der Waals surface area contributed by atoms with Crippen LogP contribution in [0, 0.1) is 6.92 Å². The van der Waals surface area contributed by atoms with Crippen LogP contribution in [-0.2, 0) is 0 Å². The lowest BCUT2D eigenvalue weighted by Gasteiger charge is -2.36. The Labute approximate surface area is 160 Å². The Kier molecular flexibility index (Phi) is 3.45. The van der Waals surface area contributed by atoms with E-state index in [9.17, 15) is 0 Å². The van der Waals surface area contributed by atoms with E-state index >= 15 is 0 Å². The number of aryl methyl sites for hydroxylation is 1. The second-order valence-electron chi connectivity index (χ2n) is 7.98. The fourth-order valence-corrected chi connectivity index (χ4v) is 4.75. The summed E-state index contributed by atoms with van der Waals surface area (Å²) in [6, 6.07) is 17.7. The van der Waals surface area contributed by atoms with Crippen LogP contribution >= 0.6 is 0 Å². The van der Waals surface area contributed by atoms with Crippen molar-refractivity contribution in [2.75, 3.05) is 0 Å². The number of hydrogen-bond acceptors (Lipinski definition) is 1. The molecule has 1 aromatic carbocycles. The van der Waals surface area contributed by atoms with Crippen LogP contribution in [0.3, 0.4) is 0 Å². The molecule has 0 bridgehead atoms. The highest BCUT2D eigenvalue weighted by Gasteiger charge is 2.38. The van der Waals surface area contributed by atoms with Gasteiger partial charge in [0.15, 0.2) is 0 Å². The van der Waals surface area contributed by atoms with Crippen molar-refractivity contribution in [1.82, 2.24) is 9.30 Å². The first-order chi connectivity index (χ1) is 13.1. The lowest BCUT2D eigenvalue weighted by molar-refractivity contribution is 0.330. The minimum Gasteiger partial charge on any atom is -0.338 e. The van der Waals surface area contributed by atoms with Gasteiger partial charge in [-0.1, -0.05) is 42.5 Å². The van der Waals surface area contributed by atoms with Gasteiger partial charge >= 0.3 is 0 Å². The maximum absolute atomic E-state index is 2.43. The van der Waals surface area contributed by atoms with Gasteiger partial charge < -0.3 is 9.30 Å². The average molecular weight is 352 g/mol. The van der Waals surface area contributed by atoms with Crippen LogP contribution in [-0.4, -0.2) is 14.8 Å². The normalized spacial score (nSPS) is 21.4. The summed E-state index contributed by atoms with van der Waals surface area (Å²) < 4.78 is 2.28. The standard InChI is InChI=1S/C25H24N2/c1-18-16-22-8-4-6-14-26(22)23(18)20-9-11-21(12-10-20)24-19(2)17-25(3)13-5-7-15-27(24)25/h4-16H,17H2,1-3H3. The molecule has 4 heterocycles. The first-order valence-corrected chi connectivity index (χ1v) is 9.59. The zero-order chi connectivity index (χ0) is 18.6. The molecule has 3 aromatic rings. The van der Waals surface area contributed by atoms with E-state index in [1.54, 1.807) is 0 Å². The van der Waals surface area contributed by atoms with Gasteiger partial charge in [0.2, 0.25) is 0 Å². The minimum atomic E-state index is 0.0706. The summed E-state index contributed by atoms with van der Waals surface area (Å²) in [5.41, 5.74) is 9.24. The van der Waals surface area contributed by atoms with Crippen molar-refractivity contribution in [1.29, 1.82) is 0 Å². The van der Waals surface area contributed by atoms with Gasteiger partial charge in [0.1, 0.15) is 0 Å². The van der Waals surface area contributed by atoms with E-state index < -0.39 is 0 Å². The van der Waals surface area contributed by atoms with E-state index in [1.807, 2.05) is 0 Å². The third-order valence-corrected chi connectivity index (χ3v) is 5.92. The number of rotatable bonds is 2. The molecule has 1 unspecified atom stereocenters. The van der Waals surface area contributed by atoms with Gasteiger partial charge in [-0.05, 0) is 73.7 Å². The van der Waals surface area contributed by atoms with Crippen LogP contribution in [0.5, 0.6) is 0 Å². The molecule has 0 aliphatic carbocycles. The second kappa shape index (κ2) is 5.75. The fraction of sp³-hybridized carbons (Fsp3) is 0.200. The zero-order valence-corrected chi connectivity index (χ0v) is 16.1. The zero-order valence-electron chi connectivity index (χ0n) is 16.1. The largest absolute Gasteiger partial charge is 0.338 e. The molecule has 2 heteroatoms. The number of fused-ring (bicyclic) bond motifs is 2. The van der Waals surface area contributed by atoms with Crippen LogP contribution in [0.2, 0.25) is 0 Å². The fourth-order valence-electron chi connectivity index (χ4n) is 4.75. The third-order valence-electron chi connectivity index (χ3n) is 5.92. The maximum atomic E-state index is 2.43. The van der Waals surface area contributed by atoms with Crippen molar-refractivity contribution in [3.05, 3.63) is 95.9 Å². The van der Waals surface area contributed by atoms with E-state index in [0.29, 0.717) is 0 Å². The van der Waals surface area contributed by atoms with Gasteiger partial charge in [0.05, 0.1) is 11.2 Å². The lowest BCUT2D eigenvalue weighted by atomic mass is 9.94. The topological polar surface area (TPSA) is 7.65 Å². The lowest BCUT2D eigenvalue weighted by Crippen LogP contribution is -2.36. The molecule has 0 amide bonds. The number of benzene rings is 1. The maximum Gasteiger partial charge on any atom is 0.0640 e. The monoisotopic (exact) mass is 352 g/mol. The molecular weight excluding hydrogens is 328 g/mol. The van der Waals surface area contributed by atoms with Gasteiger partial charge in [-0.2, -0.15) is 0 Å². The summed E-state index contributed by atoms with van der Waals surface area (Å²) in [5, 5.41) is 0. The number of aromatic nitrogens is 1. The molecule has 2 aliphatic heterocycles. The van der Waals surface area contributed by atoms with Gasteiger partial charge in [-0.25, -0.2) is 0 Å². The number of hydrogen-bond donors (Lipinski definition) is 0. The van der Waals surface area contributed by atoms with E-state index in [0.717, 1.165) is 6.42 Å². The van der Waals surface area contributed by atoms with Gasteiger partial charge in [-0.3, -0.25) is 0 Å². The SMILES string of the molecule is CC1=C(c2ccc(-c3c(C)cc4ccccn34)cc2)N2C=CC=CC2(C)C1. The predicted octanol–water partition coefficient (Wildman–Crippen LogP) is 6.19. The Hall–Kier alpha value is -3.00. The molecule has 134 valence electrons. The molecule has 27 heavy (non-hydrogen) atoms. The molecule has 0 saturated carbocycles. The molecule has 1 atom stereocenters. The quantitative estimate of drug-likeness (QED) is 0.533. The Morgan fingerprint density at radius 2 is 1.70 bits per heavy atom. The number of pyridine rings is 1. The highest BCUT2D eigenvalue weighted by molar-refractivity contribution is 5.76.